The third-order valence-corrected chi connectivity index (χ3v) is 1.87. The molecule has 1 aromatic rings. The second-order valence-electron chi connectivity index (χ2n) is 2.69. The highest BCUT2D eigenvalue weighted by Gasteiger charge is 1.96. The van der Waals surface area contributed by atoms with Crippen LogP contribution in [0.4, 0.5) is 0 Å². The van der Waals surface area contributed by atoms with Gasteiger partial charge in [-0.3, -0.25) is 4.79 Å². The van der Waals surface area contributed by atoms with Gasteiger partial charge in [-0.05, 0) is 30.0 Å². The minimum absolute atomic E-state index is 0.245. The topological polar surface area (TPSA) is 17.1 Å². The van der Waals surface area contributed by atoms with E-state index >= 15 is 0 Å². The zero-order valence-corrected chi connectivity index (χ0v) is 9.55. The van der Waals surface area contributed by atoms with Crippen molar-refractivity contribution in [1.82, 2.24) is 0 Å². The third-order valence-electron chi connectivity index (χ3n) is 1.68. The number of aryl methyl sites for hydroxylation is 1. The Balaban J connectivity index is 0.000000791. The third kappa shape index (κ3) is 6.67. The molecular formula is C12H17ClO. The minimum atomic E-state index is -0.245. The monoisotopic (exact) mass is 212 g/mol. The highest BCUT2D eigenvalue weighted by atomic mass is 35.5. The SMILES string of the molecule is CC.O=C(Cl)CCCc1ccccc1. The first-order valence-corrected chi connectivity index (χ1v) is 5.39. The summed E-state index contributed by atoms with van der Waals surface area (Å²) in [5, 5.41) is -0.245. The lowest BCUT2D eigenvalue weighted by atomic mass is 10.1. The molecule has 0 radical (unpaired) electrons. The average molecular weight is 213 g/mol. The van der Waals surface area contributed by atoms with E-state index in [-0.39, 0.29) is 5.24 Å². The van der Waals surface area contributed by atoms with Gasteiger partial charge >= 0.3 is 0 Å². The van der Waals surface area contributed by atoms with Crippen molar-refractivity contribution in [3.8, 4) is 0 Å². The van der Waals surface area contributed by atoms with Crippen LogP contribution in [0.2, 0.25) is 0 Å². The number of carbonyl (C=O) groups excluding carboxylic acids is 1. The van der Waals surface area contributed by atoms with Gasteiger partial charge in [0.25, 0.3) is 0 Å². The number of carbonyl (C=O) groups is 1. The van der Waals surface area contributed by atoms with Crippen molar-refractivity contribution >= 4 is 16.8 Å². The fraction of sp³-hybridized carbons (Fsp3) is 0.417. The van der Waals surface area contributed by atoms with Crippen LogP contribution in [0, 0.1) is 0 Å². The molecule has 0 bridgehead atoms. The predicted molar refractivity (Wildman–Crippen MR) is 61.6 cm³/mol. The largest absolute Gasteiger partial charge is 0.281 e. The van der Waals surface area contributed by atoms with Crippen molar-refractivity contribution < 1.29 is 4.79 Å². The molecule has 14 heavy (non-hydrogen) atoms. The smallest absolute Gasteiger partial charge is 0.221 e. The van der Waals surface area contributed by atoms with Gasteiger partial charge in [0.2, 0.25) is 5.24 Å². The Morgan fingerprint density at radius 2 is 1.79 bits per heavy atom. The van der Waals surface area contributed by atoms with Crippen molar-refractivity contribution in [2.75, 3.05) is 0 Å². The molecule has 0 fully saturated rings. The zero-order valence-electron chi connectivity index (χ0n) is 8.79. The molecule has 0 saturated heterocycles. The van der Waals surface area contributed by atoms with Crippen LogP contribution in [0.25, 0.3) is 0 Å². The summed E-state index contributed by atoms with van der Waals surface area (Å²) in [7, 11) is 0. The highest BCUT2D eigenvalue weighted by Crippen LogP contribution is 2.05. The van der Waals surface area contributed by atoms with Gasteiger partial charge in [0, 0.05) is 6.42 Å². The Morgan fingerprint density at radius 3 is 2.29 bits per heavy atom. The Labute approximate surface area is 91.1 Å². The molecule has 0 aliphatic rings. The van der Waals surface area contributed by atoms with E-state index < -0.39 is 0 Å². The second-order valence-corrected chi connectivity index (χ2v) is 3.12. The Hall–Kier alpha value is -0.820. The van der Waals surface area contributed by atoms with Crippen LogP contribution in [-0.2, 0) is 11.2 Å². The number of rotatable bonds is 4. The molecule has 0 saturated carbocycles. The van der Waals surface area contributed by atoms with E-state index in [1.54, 1.807) is 0 Å². The normalized spacial score (nSPS) is 8.79. The number of hydrogen-bond donors (Lipinski definition) is 0. The lowest BCUT2D eigenvalue weighted by Crippen LogP contribution is -1.89. The number of benzene rings is 1. The fourth-order valence-corrected chi connectivity index (χ4v) is 1.21. The van der Waals surface area contributed by atoms with Crippen LogP contribution in [-0.4, -0.2) is 5.24 Å². The number of hydrogen-bond acceptors (Lipinski definition) is 1. The lowest BCUT2D eigenvalue weighted by Gasteiger charge is -1.97. The van der Waals surface area contributed by atoms with Crippen LogP contribution in [0.1, 0.15) is 32.3 Å². The molecular weight excluding hydrogens is 196 g/mol. The van der Waals surface area contributed by atoms with E-state index in [1.165, 1.54) is 5.56 Å². The molecule has 0 heterocycles. The molecule has 0 spiro atoms. The van der Waals surface area contributed by atoms with Crippen LogP contribution in [0.3, 0.4) is 0 Å². The lowest BCUT2D eigenvalue weighted by molar-refractivity contribution is -0.111. The van der Waals surface area contributed by atoms with Crippen molar-refractivity contribution in [2.45, 2.75) is 33.1 Å². The summed E-state index contributed by atoms with van der Waals surface area (Å²) >= 11 is 5.21. The molecule has 0 unspecified atom stereocenters. The van der Waals surface area contributed by atoms with Crippen molar-refractivity contribution in [3.05, 3.63) is 35.9 Å². The predicted octanol–water partition coefficient (Wildman–Crippen LogP) is 3.80. The number of halogens is 1. The first kappa shape index (κ1) is 13.2. The first-order chi connectivity index (χ1) is 6.79. The van der Waals surface area contributed by atoms with Crippen LogP contribution < -0.4 is 0 Å². The van der Waals surface area contributed by atoms with E-state index in [9.17, 15) is 4.79 Å². The van der Waals surface area contributed by atoms with Crippen molar-refractivity contribution in [2.24, 2.45) is 0 Å². The fourth-order valence-electron chi connectivity index (χ4n) is 1.08. The zero-order chi connectivity index (χ0) is 10.8. The standard InChI is InChI=1S/C10H11ClO.C2H6/c11-10(12)8-4-7-9-5-2-1-3-6-9;1-2/h1-3,5-6H,4,7-8H2;1-2H3. The van der Waals surface area contributed by atoms with E-state index in [4.69, 9.17) is 11.6 Å². The van der Waals surface area contributed by atoms with E-state index in [2.05, 4.69) is 12.1 Å². The Kier molecular flexibility index (Phi) is 8.25. The minimum Gasteiger partial charge on any atom is -0.281 e. The molecule has 1 nitrogen and oxygen atoms in total. The second kappa shape index (κ2) is 8.76. The molecule has 0 amide bonds. The van der Waals surface area contributed by atoms with E-state index in [0.29, 0.717) is 6.42 Å². The molecule has 1 rings (SSSR count). The molecule has 0 atom stereocenters. The summed E-state index contributed by atoms with van der Waals surface area (Å²) in [4.78, 5) is 10.4. The first-order valence-electron chi connectivity index (χ1n) is 5.01. The maximum absolute atomic E-state index is 10.4. The van der Waals surface area contributed by atoms with Crippen LogP contribution in [0.15, 0.2) is 30.3 Å². The summed E-state index contributed by atoms with van der Waals surface area (Å²) < 4.78 is 0. The van der Waals surface area contributed by atoms with Gasteiger partial charge in [-0.1, -0.05) is 44.2 Å². The molecule has 1 aromatic carbocycles. The van der Waals surface area contributed by atoms with Crippen LogP contribution >= 0.6 is 11.6 Å². The van der Waals surface area contributed by atoms with Gasteiger partial charge in [-0.15, -0.1) is 0 Å². The van der Waals surface area contributed by atoms with E-state index in [1.807, 2.05) is 32.0 Å². The van der Waals surface area contributed by atoms with Gasteiger partial charge in [0.05, 0.1) is 0 Å². The van der Waals surface area contributed by atoms with Gasteiger partial charge in [0.1, 0.15) is 0 Å². The quantitative estimate of drug-likeness (QED) is 0.694. The summed E-state index contributed by atoms with van der Waals surface area (Å²) in [5.74, 6) is 0. The van der Waals surface area contributed by atoms with Gasteiger partial charge in [0.15, 0.2) is 0 Å². The molecule has 0 N–H and O–H groups in total. The van der Waals surface area contributed by atoms with E-state index in [0.717, 1.165) is 12.8 Å². The Morgan fingerprint density at radius 1 is 1.21 bits per heavy atom. The van der Waals surface area contributed by atoms with Crippen molar-refractivity contribution in [3.63, 3.8) is 0 Å². The summed E-state index contributed by atoms with van der Waals surface area (Å²) in [6, 6.07) is 10.1. The molecule has 0 aliphatic carbocycles. The summed E-state index contributed by atoms with van der Waals surface area (Å²) in [5.41, 5.74) is 1.26. The average Bonchev–Trinajstić information content (AvgIpc) is 2.22. The Bertz CT molecular complexity index is 244. The molecule has 0 aliphatic heterocycles. The maximum Gasteiger partial charge on any atom is 0.221 e. The molecule has 78 valence electrons. The van der Waals surface area contributed by atoms with Crippen LogP contribution in [0.5, 0.6) is 0 Å². The highest BCUT2D eigenvalue weighted by molar-refractivity contribution is 6.63. The van der Waals surface area contributed by atoms with Crippen molar-refractivity contribution in [1.29, 1.82) is 0 Å². The molecule has 2 heteroatoms. The summed E-state index contributed by atoms with van der Waals surface area (Å²) in [6.45, 7) is 4.00. The van der Waals surface area contributed by atoms with Gasteiger partial charge in [-0.2, -0.15) is 0 Å². The molecule has 0 aromatic heterocycles. The van der Waals surface area contributed by atoms with Gasteiger partial charge < -0.3 is 0 Å². The summed E-state index contributed by atoms with van der Waals surface area (Å²) in [6.07, 6.45) is 2.24. The maximum atomic E-state index is 10.4. The van der Waals surface area contributed by atoms with Gasteiger partial charge in [-0.25, -0.2) is 0 Å².